The van der Waals surface area contributed by atoms with Crippen LogP contribution < -0.4 is 5.32 Å². The number of aryl methyl sites for hydroxylation is 2. The van der Waals surface area contributed by atoms with Gasteiger partial charge in [-0.2, -0.15) is 0 Å². The lowest BCUT2D eigenvalue weighted by Gasteiger charge is -2.32. The van der Waals surface area contributed by atoms with Gasteiger partial charge in [-0.05, 0) is 60.7 Å². The minimum atomic E-state index is 0.0599. The Morgan fingerprint density at radius 3 is 2.63 bits per heavy atom. The summed E-state index contributed by atoms with van der Waals surface area (Å²) in [6, 6.07) is 14.8. The molecule has 1 saturated heterocycles. The lowest BCUT2D eigenvalue weighted by atomic mass is 10.0. The molecule has 4 heteroatoms. The molecule has 2 aromatic rings. The van der Waals surface area contributed by atoms with Gasteiger partial charge < -0.3 is 10.2 Å². The van der Waals surface area contributed by atoms with E-state index < -0.39 is 0 Å². The Hall–Kier alpha value is -2.17. The van der Waals surface area contributed by atoms with Gasteiger partial charge in [0.15, 0.2) is 0 Å². The minimum Gasteiger partial charge on any atom is -0.326 e. The average molecular weight is 364 g/mol. The molecule has 0 aromatic heterocycles. The largest absolute Gasteiger partial charge is 0.326 e. The number of anilines is 1. The van der Waals surface area contributed by atoms with Crippen molar-refractivity contribution in [3.05, 3.63) is 64.7 Å². The smallest absolute Gasteiger partial charge is 0.228 e. The highest BCUT2D eigenvalue weighted by Gasteiger charge is 2.15. The fourth-order valence-corrected chi connectivity index (χ4v) is 4.14. The van der Waals surface area contributed by atoms with Crippen LogP contribution in [0.2, 0.25) is 0 Å². The van der Waals surface area contributed by atoms with Crippen LogP contribution in [0.1, 0.15) is 28.7 Å². The molecule has 142 valence electrons. The topological polar surface area (TPSA) is 35.6 Å². The molecule has 2 aromatic carbocycles. The van der Waals surface area contributed by atoms with E-state index in [4.69, 9.17) is 0 Å². The quantitative estimate of drug-likeness (QED) is 0.887. The molecule has 1 amide bonds. The molecular formula is C23H29N3O. The van der Waals surface area contributed by atoms with Crippen LogP contribution in [0.4, 0.5) is 5.69 Å². The summed E-state index contributed by atoms with van der Waals surface area (Å²) in [5.74, 6) is 0.0599. The Labute approximate surface area is 162 Å². The molecule has 4 rings (SSSR count). The number of rotatable bonds is 5. The van der Waals surface area contributed by atoms with E-state index in [9.17, 15) is 4.79 Å². The highest BCUT2D eigenvalue weighted by molar-refractivity contribution is 5.92. The van der Waals surface area contributed by atoms with E-state index in [0.717, 1.165) is 50.4 Å². The molecule has 0 radical (unpaired) electrons. The van der Waals surface area contributed by atoms with E-state index in [1.807, 2.05) is 12.1 Å². The Bertz CT molecular complexity index is 809. The number of carbonyl (C=O) groups is 1. The molecule has 1 heterocycles. The van der Waals surface area contributed by atoms with Crippen LogP contribution in [0.15, 0.2) is 42.5 Å². The summed E-state index contributed by atoms with van der Waals surface area (Å²) >= 11 is 0. The fourth-order valence-electron chi connectivity index (χ4n) is 4.14. The second-order valence-electron chi connectivity index (χ2n) is 7.96. The summed E-state index contributed by atoms with van der Waals surface area (Å²) in [4.78, 5) is 17.3. The van der Waals surface area contributed by atoms with Crippen molar-refractivity contribution in [2.45, 2.75) is 32.2 Å². The Kier molecular flexibility index (Phi) is 5.55. The standard InChI is InChI=1S/C23H29N3O/c1-25-10-12-26(13-11-25)17-19-4-2-7-22(15-19)24-23(27)16-18-8-9-20-5-3-6-21(20)14-18/h2,4,7-9,14-15H,3,5-6,10-13,16-17H2,1H3,(H,24,27). The molecule has 1 aliphatic heterocycles. The molecule has 1 fully saturated rings. The van der Waals surface area contributed by atoms with Crippen LogP contribution in [-0.4, -0.2) is 48.9 Å². The van der Waals surface area contributed by atoms with Gasteiger partial charge in [0.1, 0.15) is 0 Å². The van der Waals surface area contributed by atoms with E-state index in [1.165, 1.54) is 29.5 Å². The normalized spacial score (nSPS) is 17.7. The maximum atomic E-state index is 12.5. The van der Waals surface area contributed by atoms with Crippen molar-refractivity contribution in [2.24, 2.45) is 0 Å². The van der Waals surface area contributed by atoms with Gasteiger partial charge in [0.2, 0.25) is 5.91 Å². The zero-order valence-electron chi connectivity index (χ0n) is 16.2. The molecule has 27 heavy (non-hydrogen) atoms. The Morgan fingerprint density at radius 1 is 0.963 bits per heavy atom. The first-order valence-electron chi connectivity index (χ1n) is 10.1. The Balaban J connectivity index is 1.34. The van der Waals surface area contributed by atoms with E-state index in [0.29, 0.717) is 6.42 Å². The second-order valence-corrected chi connectivity index (χ2v) is 7.96. The van der Waals surface area contributed by atoms with Crippen molar-refractivity contribution in [1.29, 1.82) is 0 Å². The number of carbonyl (C=O) groups excluding carboxylic acids is 1. The molecule has 0 unspecified atom stereocenters. The predicted molar refractivity (Wildman–Crippen MR) is 110 cm³/mol. The summed E-state index contributed by atoms with van der Waals surface area (Å²) in [6.45, 7) is 5.40. The summed E-state index contributed by atoms with van der Waals surface area (Å²) in [5, 5.41) is 3.08. The van der Waals surface area contributed by atoms with Gasteiger partial charge in [-0.25, -0.2) is 0 Å². The third-order valence-electron chi connectivity index (χ3n) is 5.74. The van der Waals surface area contributed by atoms with Crippen molar-refractivity contribution < 1.29 is 4.79 Å². The van der Waals surface area contributed by atoms with Gasteiger partial charge >= 0.3 is 0 Å². The van der Waals surface area contributed by atoms with E-state index in [-0.39, 0.29) is 5.91 Å². The summed E-state index contributed by atoms with van der Waals surface area (Å²) in [5.41, 5.74) is 6.15. The number of hydrogen-bond donors (Lipinski definition) is 1. The van der Waals surface area contributed by atoms with Crippen LogP contribution in [0, 0.1) is 0 Å². The third-order valence-corrected chi connectivity index (χ3v) is 5.74. The van der Waals surface area contributed by atoms with Gasteiger partial charge in [-0.1, -0.05) is 30.3 Å². The predicted octanol–water partition coefficient (Wildman–Crippen LogP) is 3.10. The van der Waals surface area contributed by atoms with Gasteiger partial charge in [0.05, 0.1) is 6.42 Å². The van der Waals surface area contributed by atoms with Crippen LogP contribution in [-0.2, 0) is 30.6 Å². The maximum Gasteiger partial charge on any atom is 0.228 e. The zero-order valence-corrected chi connectivity index (χ0v) is 16.2. The monoisotopic (exact) mass is 363 g/mol. The molecule has 1 N–H and O–H groups in total. The number of nitrogens with zero attached hydrogens (tertiary/aromatic N) is 2. The molecule has 1 aliphatic carbocycles. The summed E-state index contributed by atoms with van der Waals surface area (Å²) < 4.78 is 0. The molecule has 4 nitrogen and oxygen atoms in total. The number of nitrogens with one attached hydrogen (secondary N) is 1. The van der Waals surface area contributed by atoms with Crippen molar-refractivity contribution in [2.75, 3.05) is 38.5 Å². The minimum absolute atomic E-state index is 0.0599. The second kappa shape index (κ2) is 8.24. The first kappa shape index (κ1) is 18.2. The van der Waals surface area contributed by atoms with Crippen LogP contribution >= 0.6 is 0 Å². The number of fused-ring (bicyclic) bond motifs is 1. The third kappa shape index (κ3) is 4.76. The van der Waals surface area contributed by atoms with Crippen molar-refractivity contribution >= 4 is 11.6 Å². The lowest BCUT2D eigenvalue weighted by Crippen LogP contribution is -2.43. The maximum absolute atomic E-state index is 12.5. The summed E-state index contributed by atoms with van der Waals surface area (Å²) in [7, 11) is 2.18. The van der Waals surface area contributed by atoms with Crippen LogP contribution in [0.5, 0.6) is 0 Å². The first-order chi connectivity index (χ1) is 13.2. The van der Waals surface area contributed by atoms with E-state index in [2.05, 4.69) is 52.5 Å². The number of benzene rings is 2. The molecule has 0 atom stereocenters. The molecule has 0 bridgehead atoms. The van der Waals surface area contributed by atoms with Gasteiger partial charge in [0.25, 0.3) is 0 Å². The molecular weight excluding hydrogens is 334 g/mol. The molecule has 2 aliphatic rings. The summed E-state index contributed by atoms with van der Waals surface area (Å²) in [6.07, 6.45) is 4.02. The van der Waals surface area contributed by atoms with Crippen molar-refractivity contribution in [3.63, 3.8) is 0 Å². The zero-order chi connectivity index (χ0) is 18.6. The molecule has 0 saturated carbocycles. The van der Waals surface area contributed by atoms with Gasteiger partial charge in [-0.15, -0.1) is 0 Å². The fraction of sp³-hybridized carbons (Fsp3) is 0.435. The van der Waals surface area contributed by atoms with E-state index >= 15 is 0 Å². The SMILES string of the molecule is CN1CCN(Cc2cccc(NC(=O)Cc3ccc4c(c3)CCC4)c2)CC1. The molecule has 0 spiro atoms. The highest BCUT2D eigenvalue weighted by Crippen LogP contribution is 2.23. The number of amides is 1. The van der Waals surface area contributed by atoms with Crippen LogP contribution in [0.25, 0.3) is 0 Å². The number of likely N-dealkylation sites (N-methyl/N-ethyl adjacent to an activating group) is 1. The first-order valence-corrected chi connectivity index (χ1v) is 10.1. The highest BCUT2D eigenvalue weighted by atomic mass is 16.1. The Morgan fingerprint density at radius 2 is 1.78 bits per heavy atom. The average Bonchev–Trinajstić information content (AvgIpc) is 3.12. The van der Waals surface area contributed by atoms with Crippen molar-refractivity contribution in [3.8, 4) is 0 Å². The number of piperazine rings is 1. The van der Waals surface area contributed by atoms with Crippen LogP contribution in [0.3, 0.4) is 0 Å². The lowest BCUT2D eigenvalue weighted by molar-refractivity contribution is -0.115. The van der Waals surface area contributed by atoms with E-state index in [1.54, 1.807) is 0 Å². The van der Waals surface area contributed by atoms with Gasteiger partial charge in [0, 0.05) is 38.4 Å². The number of hydrogen-bond acceptors (Lipinski definition) is 3. The van der Waals surface area contributed by atoms with Gasteiger partial charge in [-0.3, -0.25) is 9.69 Å². The van der Waals surface area contributed by atoms with Crippen molar-refractivity contribution in [1.82, 2.24) is 9.80 Å².